The van der Waals surface area contributed by atoms with Crippen LogP contribution in [0.2, 0.25) is 10.0 Å². The number of carboxylic acid groups (broad SMARTS) is 1. The lowest BCUT2D eigenvalue weighted by atomic mass is 10.0. The van der Waals surface area contributed by atoms with E-state index < -0.39 is 18.6 Å². The number of carbonyl (C=O) groups is 1. The molecule has 50 heavy (non-hydrogen) atoms. The molecule has 1 saturated heterocycles. The number of hydrogen-bond donors (Lipinski definition) is 3. The molecule has 1 aliphatic rings. The highest BCUT2D eigenvalue weighted by atomic mass is 35.5. The number of hydrogen-bond acceptors (Lipinski definition) is 11. The molecule has 0 spiro atoms. The summed E-state index contributed by atoms with van der Waals surface area (Å²) in [5.41, 5.74) is 5.06. The zero-order valence-corrected chi connectivity index (χ0v) is 28.5. The Hall–Kier alpha value is -4.43. The first-order valence-electron chi connectivity index (χ1n) is 16.0. The molecular formula is C36H36Cl2N4O8. The first-order valence-corrected chi connectivity index (χ1v) is 16.8. The Morgan fingerprint density at radius 3 is 2.52 bits per heavy atom. The zero-order chi connectivity index (χ0) is 34.9. The summed E-state index contributed by atoms with van der Waals surface area (Å²) < 4.78 is 28.6. The van der Waals surface area contributed by atoms with Gasteiger partial charge in [0.1, 0.15) is 54.1 Å². The molecule has 0 unspecified atom stereocenters. The summed E-state index contributed by atoms with van der Waals surface area (Å²) in [7, 11) is 0. The van der Waals surface area contributed by atoms with Gasteiger partial charge in [-0.05, 0) is 51.8 Å². The number of aliphatic carboxylic acids is 1. The maximum absolute atomic E-state index is 11.5. The van der Waals surface area contributed by atoms with Gasteiger partial charge in [-0.3, -0.25) is 15.0 Å². The summed E-state index contributed by atoms with van der Waals surface area (Å²) in [4.78, 5) is 13.8. The average molecular weight is 724 g/mol. The van der Waals surface area contributed by atoms with Crippen LogP contribution in [0.4, 0.5) is 0 Å². The number of rotatable bonds is 16. The van der Waals surface area contributed by atoms with Crippen LogP contribution in [0.15, 0.2) is 77.4 Å². The molecule has 5 aromatic rings. The molecule has 1 fully saturated rings. The zero-order valence-electron chi connectivity index (χ0n) is 27.0. The topological polar surface area (TPSA) is 149 Å². The highest BCUT2D eigenvalue weighted by molar-refractivity contribution is 6.34. The van der Waals surface area contributed by atoms with E-state index in [4.69, 9.17) is 46.8 Å². The van der Waals surface area contributed by atoms with Gasteiger partial charge in [-0.2, -0.15) is 0 Å². The van der Waals surface area contributed by atoms with Crippen molar-refractivity contribution in [2.24, 2.45) is 0 Å². The highest BCUT2D eigenvalue weighted by Crippen LogP contribution is 2.36. The quantitative estimate of drug-likeness (QED) is 0.116. The van der Waals surface area contributed by atoms with Crippen molar-refractivity contribution in [2.75, 3.05) is 46.1 Å². The Labute approximate surface area is 298 Å². The summed E-state index contributed by atoms with van der Waals surface area (Å²) in [5, 5.41) is 30.2. The van der Waals surface area contributed by atoms with Crippen molar-refractivity contribution in [3.8, 4) is 28.4 Å². The van der Waals surface area contributed by atoms with Crippen LogP contribution in [-0.2, 0) is 29.3 Å². The largest absolute Gasteiger partial charge is 0.492 e. The second-order valence-corrected chi connectivity index (χ2v) is 12.4. The summed E-state index contributed by atoms with van der Waals surface area (Å²) in [6, 6.07) is 21.1. The van der Waals surface area contributed by atoms with E-state index >= 15 is 0 Å². The summed E-state index contributed by atoms with van der Waals surface area (Å²) >= 11 is 13.6. The second-order valence-electron chi connectivity index (χ2n) is 11.6. The number of nitrogens with one attached hydrogen (secondary N) is 1. The second kappa shape index (κ2) is 17.0. The predicted octanol–water partition coefficient (Wildman–Crippen LogP) is 5.60. The lowest BCUT2D eigenvalue weighted by molar-refractivity contribution is -0.140. The molecule has 0 radical (unpaired) electrons. The van der Waals surface area contributed by atoms with Crippen LogP contribution >= 0.6 is 23.2 Å². The van der Waals surface area contributed by atoms with Crippen LogP contribution < -0.4 is 19.5 Å². The molecule has 0 bridgehead atoms. The third-order valence-corrected chi connectivity index (χ3v) is 8.98. The van der Waals surface area contributed by atoms with Gasteiger partial charge in [0.25, 0.3) is 0 Å². The Morgan fingerprint density at radius 2 is 1.70 bits per heavy atom. The van der Waals surface area contributed by atoms with E-state index in [-0.39, 0.29) is 24.8 Å². The first kappa shape index (κ1) is 35.4. The van der Waals surface area contributed by atoms with E-state index in [0.717, 1.165) is 60.9 Å². The number of aliphatic hydroxyl groups is 1. The predicted molar refractivity (Wildman–Crippen MR) is 187 cm³/mol. The fourth-order valence-electron chi connectivity index (χ4n) is 5.44. The summed E-state index contributed by atoms with van der Waals surface area (Å²) in [6.07, 6.45) is 0. The molecule has 4 aromatic carbocycles. The average Bonchev–Trinajstić information content (AvgIpc) is 3.60. The SMILES string of the molecule is O=C(O)[C@@H](CO)NCc1cc(Cl)c(OCc2cccc(-c3cccc(OCCN4CCOCC4)c3)c2Cl)cc1OCc1ccc2nonc2c1. The monoisotopic (exact) mass is 722 g/mol. The van der Waals surface area contributed by atoms with Crippen molar-refractivity contribution >= 4 is 40.2 Å². The Kier molecular flexibility index (Phi) is 12.0. The van der Waals surface area contributed by atoms with E-state index in [0.29, 0.717) is 39.7 Å². The fourth-order valence-corrected chi connectivity index (χ4v) is 5.97. The van der Waals surface area contributed by atoms with Crippen LogP contribution in [0.3, 0.4) is 0 Å². The van der Waals surface area contributed by atoms with Crippen molar-refractivity contribution in [3.05, 3.63) is 99.5 Å². The molecule has 0 aliphatic carbocycles. The minimum atomic E-state index is -1.18. The molecule has 262 valence electrons. The fraction of sp³-hybridized carbons (Fsp3) is 0.306. The minimum Gasteiger partial charge on any atom is -0.492 e. The molecule has 2 heterocycles. The third-order valence-electron chi connectivity index (χ3n) is 8.23. The van der Waals surface area contributed by atoms with Crippen molar-refractivity contribution in [2.45, 2.75) is 25.8 Å². The van der Waals surface area contributed by atoms with Crippen LogP contribution in [0.5, 0.6) is 17.2 Å². The molecule has 3 N–H and O–H groups in total. The lowest BCUT2D eigenvalue weighted by Crippen LogP contribution is -2.39. The van der Waals surface area contributed by atoms with Gasteiger partial charge in [-0.15, -0.1) is 0 Å². The van der Waals surface area contributed by atoms with E-state index in [1.54, 1.807) is 24.3 Å². The van der Waals surface area contributed by atoms with E-state index in [9.17, 15) is 15.0 Å². The van der Waals surface area contributed by atoms with Gasteiger partial charge in [0, 0.05) is 48.9 Å². The van der Waals surface area contributed by atoms with Crippen LogP contribution in [-0.4, -0.2) is 83.5 Å². The molecule has 12 nitrogen and oxygen atoms in total. The molecule has 6 rings (SSSR count). The maximum atomic E-state index is 11.5. The van der Waals surface area contributed by atoms with Crippen molar-refractivity contribution < 1.29 is 38.6 Å². The molecule has 1 atom stereocenters. The number of aliphatic hydroxyl groups excluding tert-OH is 1. The van der Waals surface area contributed by atoms with Crippen molar-refractivity contribution in [1.29, 1.82) is 0 Å². The number of carboxylic acids is 1. The maximum Gasteiger partial charge on any atom is 0.323 e. The van der Waals surface area contributed by atoms with Gasteiger partial charge in [0.15, 0.2) is 0 Å². The molecule has 1 aliphatic heterocycles. The van der Waals surface area contributed by atoms with Crippen LogP contribution in [0, 0.1) is 0 Å². The Bertz CT molecular complexity index is 1920. The van der Waals surface area contributed by atoms with Crippen molar-refractivity contribution in [3.63, 3.8) is 0 Å². The highest BCUT2D eigenvalue weighted by Gasteiger charge is 2.19. The molecule has 0 saturated carbocycles. The lowest BCUT2D eigenvalue weighted by Gasteiger charge is -2.26. The number of ether oxygens (including phenoxy) is 4. The molecule has 1 aromatic heterocycles. The summed E-state index contributed by atoms with van der Waals surface area (Å²) in [5.74, 6) is 0.324. The van der Waals surface area contributed by atoms with E-state index in [2.05, 4.69) is 20.5 Å². The number of halogens is 2. The normalized spacial score (nSPS) is 14.1. The van der Waals surface area contributed by atoms with Gasteiger partial charge in [0.05, 0.1) is 29.9 Å². The van der Waals surface area contributed by atoms with E-state index in [1.807, 2.05) is 48.5 Å². The first-order chi connectivity index (χ1) is 24.4. The standard InChI is InChI=1S/C36H36Cl2N4O8/c37-29-17-26(19-39-32(20-43)36(44)45)33(48-21-23-7-8-30-31(15-23)41-50-40-30)18-34(29)49-22-25-4-2-6-28(35(25)38)24-3-1-5-27(16-24)47-14-11-42-9-12-46-13-10-42/h1-8,15-18,32,39,43H,9-14,19-22H2,(H,44,45)/t32-/m1/s1. The molecular weight excluding hydrogens is 687 g/mol. The number of aromatic nitrogens is 2. The molecule has 0 amide bonds. The van der Waals surface area contributed by atoms with E-state index in [1.165, 1.54) is 0 Å². The number of benzene rings is 4. The third kappa shape index (κ3) is 9.02. The van der Waals surface area contributed by atoms with Gasteiger partial charge in [-0.1, -0.05) is 59.6 Å². The smallest absolute Gasteiger partial charge is 0.323 e. The van der Waals surface area contributed by atoms with Gasteiger partial charge in [0.2, 0.25) is 0 Å². The number of morpholine rings is 1. The number of nitrogens with zero attached hydrogens (tertiary/aromatic N) is 3. The van der Waals surface area contributed by atoms with Gasteiger partial charge in [-0.25, -0.2) is 4.63 Å². The minimum absolute atomic E-state index is 0.0585. The van der Waals surface area contributed by atoms with Gasteiger partial charge < -0.3 is 29.2 Å². The Morgan fingerprint density at radius 1 is 0.900 bits per heavy atom. The summed E-state index contributed by atoms with van der Waals surface area (Å²) in [6.45, 7) is 4.46. The molecule has 14 heteroatoms. The van der Waals surface area contributed by atoms with Crippen LogP contribution in [0.25, 0.3) is 22.2 Å². The Balaban J connectivity index is 1.16. The number of fused-ring (bicyclic) bond motifs is 1. The van der Waals surface area contributed by atoms with Gasteiger partial charge >= 0.3 is 5.97 Å². The van der Waals surface area contributed by atoms with Crippen LogP contribution in [0.1, 0.15) is 16.7 Å². The van der Waals surface area contributed by atoms with Crippen molar-refractivity contribution in [1.82, 2.24) is 20.5 Å².